The predicted molar refractivity (Wildman–Crippen MR) is 97.9 cm³/mol. The first kappa shape index (κ1) is 15.7. The fourth-order valence-electron chi connectivity index (χ4n) is 3.44. The van der Waals surface area contributed by atoms with E-state index in [9.17, 15) is 9.90 Å². The average molecular weight is 358 g/mol. The molecule has 0 spiro atoms. The molecular weight excluding hydrogens is 340 g/mol. The lowest BCUT2D eigenvalue weighted by Gasteiger charge is -2.29. The lowest BCUT2D eigenvalue weighted by Crippen LogP contribution is -2.39. The van der Waals surface area contributed by atoms with E-state index >= 15 is 0 Å². The third-order valence-electron chi connectivity index (χ3n) is 4.61. The quantitative estimate of drug-likeness (QED) is 0.755. The summed E-state index contributed by atoms with van der Waals surface area (Å²) < 4.78 is 1.15. The second-order valence-corrected chi connectivity index (χ2v) is 8.13. The minimum atomic E-state index is -0.729. The fourth-order valence-corrected chi connectivity index (χ4v) is 5.66. The standard InChI is InChI=1S/C18H18N2O2S2/c1-11-8-10-23-16(11)15(20-9-4-6-13(20)18(21)22)17-19-12-5-2-3-7-14(12)24-17/h2-3,5,7-8,10,13,15H,4,6,9H2,1H3,(H,21,22). The molecule has 2 atom stereocenters. The van der Waals surface area contributed by atoms with Crippen LogP contribution in [-0.2, 0) is 4.79 Å². The number of para-hydroxylation sites is 1. The maximum absolute atomic E-state index is 11.7. The van der Waals surface area contributed by atoms with Gasteiger partial charge in [0.25, 0.3) is 0 Å². The first-order valence-electron chi connectivity index (χ1n) is 8.03. The number of nitrogens with zero attached hydrogens (tertiary/aromatic N) is 2. The molecule has 2 aromatic heterocycles. The summed E-state index contributed by atoms with van der Waals surface area (Å²) in [6.07, 6.45) is 1.63. The number of aromatic nitrogens is 1. The van der Waals surface area contributed by atoms with E-state index in [1.165, 1.54) is 10.4 Å². The van der Waals surface area contributed by atoms with E-state index in [0.717, 1.165) is 28.2 Å². The summed E-state index contributed by atoms with van der Waals surface area (Å²) >= 11 is 3.37. The van der Waals surface area contributed by atoms with Crippen LogP contribution in [0.15, 0.2) is 35.7 Å². The molecule has 1 saturated heterocycles. The summed E-state index contributed by atoms with van der Waals surface area (Å²) in [5.74, 6) is -0.729. The van der Waals surface area contributed by atoms with Crippen LogP contribution in [0.25, 0.3) is 10.2 Å². The molecule has 4 rings (SSSR count). The molecule has 24 heavy (non-hydrogen) atoms. The van der Waals surface area contributed by atoms with Gasteiger partial charge in [0.05, 0.1) is 16.3 Å². The van der Waals surface area contributed by atoms with E-state index < -0.39 is 12.0 Å². The zero-order valence-electron chi connectivity index (χ0n) is 13.3. The molecule has 6 heteroatoms. The van der Waals surface area contributed by atoms with E-state index in [-0.39, 0.29) is 6.04 Å². The Morgan fingerprint density at radius 1 is 1.38 bits per heavy atom. The highest BCUT2D eigenvalue weighted by atomic mass is 32.1. The summed E-state index contributed by atoms with van der Waals surface area (Å²) in [5, 5.41) is 12.7. The Morgan fingerprint density at radius 2 is 2.21 bits per heavy atom. The molecule has 3 heterocycles. The average Bonchev–Trinajstić information content (AvgIpc) is 3.28. The number of thiazole rings is 1. The molecular formula is C18H18N2O2S2. The first-order chi connectivity index (χ1) is 11.6. The van der Waals surface area contributed by atoms with Crippen molar-refractivity contribution in [1.82, 2.24) is 9.88 Å². The molecule has 1 aliphatic heterocycles. The fraction of sp³-hybridized carbons (Fsp3) is 0.333. The van der Waals surface area contributed by atoms with Crippen molar-refractivity contribution in [2.45, 2.75) is 31.8 Å². The lowest BCUT2D eigenvalue weighted by molar-refractivity contribution is -0.142. The SMILES string of the molecule is Cc1ccsc1C(c1nc2ccccc2s1)N1CCCC1C(=O)O. The van der Waals surface area contributed by atoms with Gasteiger partial charge in [-0.2, -0.15) is 0 Å². The monoisotopic (exact) mass is 358 g/mol. The van der Waals surface area contributed by atoms with Crippen LogP contribution >= 0.6 is 22.7 Å². The van der Waals surface area contributed by atoms with Gasteiger partial charge in [0.1, 0.15) is 11.0 Å². The number of rotatable bonds is 4. The van der Waals surface area contributed by atoms with Crippen molar-refractivity contribution in [3.8, 4) is 0 Å². The Balaban J connectivity index is 1.84. The van der Waals surface area contributed by atoms with Gasteiger partial charge in [0, 0.05) is 11.4 Å². The Hall–Kier alpha value is -1.76. The predicted octanol–water partition coefficient (Wildman–Crippen LogP) is 4.30. The number of thiophene rings is 1. The van der Waals surface area contributed by atoms with Crippen molar-refractivity contribution in [3.63, 3.8) is 0 Å². The number of hydrogen-bond acceptors (Lipinski definition) is 5. The van der Waals surface area contributed by atoms with Crippen molar-refractivity contribution in [3.05, 3.63) is 51.2 Å². The number of hydrogen-bond donors (Lipinski definition) is 1. The van der Waals surface area contributed by atoms with Crippen molar-refractivity contribution < 1.29 is 9.90 Å². The molecule has 1 aliphatic rings. The highest BCUT2D eigenvalue weighted by molar-refractivity contribution is 7.18. The number of carboxylic acids is 1. The van der Waals surface area contributed by atoms with Crippen molar-refractivity contribution >= 4 is 38.9 Å². The van der Waals surface area contributed by atoms with E-state index in [1.54, 1.807) is 22.7 Å². The van der Waals surface area contributed by atoms with Gasteiger partial charge in [-0.1, -0.05) is 12.1 Å². The third-order valence-corrected chi connectivity index (χ3v) is 6.77. The summed E-state index contributed by atoms with van der Waals surface area (Å²) in [4.78, 5) is 19.9. The Morgan fingerprint density at radius 3 is 2.92 bits per heavy atom. The number of aryl methyl sites for hydroxylation is 1. The molecule has 3 aromatic rings. The molecule has 0 radical (unpaired) electrons. The smallest absolute Gasteiger partial charge is 0.320 e. The van der Waals surface area contributed by atoms with Gasteiger partial charge in [-0.25, -0.2) is 4.98 Å². The van der Waals surface area contributed by atoms with Crippen LogP contribution in [0.1, 0.15) is 34.3 Å². The van der Waals surface area contributed by atoms with Crippen LogP contribution in [0, 0.1) is 6.92 Å². The Bertz CT molecular complexity index is 853. The summed E-state index contributed by atoms with van der Waals surface area (Å²) in [6, 6.07) is 9.72. The lowest BCUT2D eigenvalue weighted by atomic mass is 10.1. The summed E-state index contributed by atoms with van der Waals surface area (Å²) in [7, 11) is 0. The minimum absolute atomic E-state index is 0.0639. The maximum Gasteiger partial charge on any atom is 0.320 e. The molecule has 0 bridgehead atoms. The van der Waals surface area contributed by atoms with E-state index in [2.05, 4.69) is 29.3 Å². The van der Waals surface area contributed by atoms with Gasteiger partial charge >= 0.3 is 5.97 Å². The maximum atomic E-state index is 11.7. The van der Waals surface area contributed by atoms with Gasteiger partial charge in [0.2, 0.25) is 0 Å². The van der Waals surface area contributed by atoms with Crippen LogP contribution in [0.5, 0.6) is 0 Å². The molecule has 0 aliphatic carbocycles. The van der Waals surface area contributed by atoms with Crippen molar-refractivity contribution in [2.75, 3.05) is 6.54 Å². The third kappa shape index (κ3) is 2.64. The number of carbonyl (C=O) groups is 1. The molecule has 124 valence electrons. The normalized spacial score (nSPS) is 19.8. The minimum Gasteiger partial charge on any atom is -0.480 e. The molecule has 0 amide bonds. The van der Waals surface area contributed by atoms with E-state index in [0.29, 0.717) is 6.42 Å². The number of likely N-dealkylation sites (tertiary alicyclic amines) is 1. The van der Waals surface area contributed by atoms with Gasteiger partial charge in [0.15, 0.2) is 0 Å². The van der Waals surface area contributed by atoms with Crippen molar-refractivity contribution in [2.24, 2.45) is 0 Å². The van der Waals surface area contributed by atoms with Crippen LogP contribution in [0.3, 0.4) is 0 Å². The van der Waals surface area contributed by atoms with Gasteiger partial charge in [-0.15, -0.1) is 22.7 Å². The zero-order valence-corrected chi connectivity index (χ0v) is 14.9. The number of aliphatic carboxylic acids is 1. The van der Waals surface area contributed by atoms with E-state index in [4.69, 9.17) is 4.98 Å². The van der Waals surface area contributed by atoms with Crippen LogP contribution in [0.2, 0.25) is 0 Å². The van der Waals surface area contributed by atoms with Gasteiger partial charge < -0.3 is 5.11 Å². The van der Waals surface area contributed by atoms with Crippen LogP contribution in [-0.4, -0.2) is 33.5 Å². The molecule has 1 N–H and O–H groups in total. The molecule has 1 aromatic carbocycles. The molecule has 0 saturated carbocycles. The Kier molecular flexibility index (Phi) is 4.12. The largest absolute Gasteiger partial charge is 0.480 e. The van der Waals surface area contributed by atoms with Crippen molar-refractivity contribution in [1.29, 1.82) is 0 Å². The van der Waals surface area contributed by atoms with Gasteiger partial charge in [-0.05, 0) is 48.9 Å². The highest BCUT2D eigenvalue weighted by Gasteiger charge is 2.39. The Labute approximate surface area is 148 Å². The number of carboxylic acid groups (broad SMARTS) is 1. The molecule has 4 nitrogen and oxygen atoms in total. The number of fused-ring (bicyclic) bond motifs is 1. The topological polar surface area (TPSA) is 53.4 Å². The summed E-state index contributed by atoms with van der Waals surface area (Å²) in [6.45, 7) is 2.90. The number of benzene rings is 1. The van der Waals surface area contributed by atoms with Crippen LogP contribution in [0.4, 0.5) is 0 Å². The zero-order chi connectivity index (χ0) is 16.7. The second-order valence-electron chi connectivity index (χ2n) is 6.12. The van der Waals surface area contributed by atoms with E-state index in [1.807, 2.05) is 18.2 Å². The second kappa shape index (κ2) is 6.27. The van der Waals surface area contributed by atoms with Crippen LogP contribution < -0.4 is 0 Å². The molecule has 1 fully saturated rings. The highest BCUT2D eigenvalue weighted by Crippen LogP contribution is 2.41. The van der Waals surface area contributed by atoms with Gasteiger partial charge in [-0.3, -0.25) is 9.69 Å². The first-order valence-corrected chi connectivity index (χ1v) is 9.73. The molecule has 2 unspecified atom stereocenters. The summed E-state index contributed by atoms with van der Waals surface area (Å²) in [5.41, 5.74) is 2.20.